The number of hydrogen-bond acceptors (Lipinski definition) is 2. The average molecular weight is 298 g/mol. The first-order valence-corrected chi connectivity index (χ1v) is 5.26. The molecule has 12 heavy (non-hydrogen) atoms. The third-order valence-corrected chi connectivity index (χ3v) is 2.39. The van der Waals surface area contributed by atoms with Crippen LogP contribution in [0, 0.1) is 0 Å². The first-order valence-electron chi connectivity index (χ1n) is 3.67. The highest BCUT2D eigenvalue weighted by Crippen LogP contribution is 2.20. The molecule has 1 atom stereocenters. The highest BCUT2D eigenvalue weighted by Gasteiger charge is 2.09. The van der Waals surface area contributed by atoms with Crippen LogP contribution in [0.3, 0.4) is 0 Å². The quantitative estimate of drug-likeness (QED) is 0.858. The maximum Gasteiger partial charge on any atom is 0.148 e. The van der Waals surface area contributed by atoms with Crippen molar-refractivity contribution in [3.05, 3.63) is 15.3 Å². The van der Waals surface area contributed by atoms with Crippen molar-refractivity contribution in [3.63, 3.8) is 0 Å². The lowest BCUT2D eigenvalue weighted by atomic mass is 10.6. The van der Waals surface area contributed by atoms with Crippen LogP contribution < -0.4 is 0 Å². The van der Waals surface area contributed by atoms with E-state index in [1.54, 1.807) is 4.68 Å². The molecule has 0 aromatic carbocycles. The van der Waals surface area contributed by atoms with Gasteiger partial charge in [-0.05, 0) is 45.7 Å². The van der Waals surface area contributed by atoms with Crippen LogP contribution in [0.5, 0.6) is 0 Å². The Balaban J connectivity index is 2.79. The zero-order valence-electron chi connectivity index (χ0n) is 6.92. The van der Waals surface area contributed by atoms with E-state index in [0.29, 0.717) is 6.61 Å². The fraction of sp³-hybridized carbons (Fsp3) is 0.571. The summed E-state index contributed by atoms with van der Waals surface area (Å²) >= 11 is 6.66. The third-order valence-electron chi connectivity index (χ3n) is 1.41. The Morgan fingerprint density at radius 3 is 2.75 bits per heavy atom. The minimum atomic E-state index is -0.0318. The molecule has 0 aliphatic rings. The molecule has 3 nitrogen and oxygen atoms in total. The largest absolute Gasteiger partial charge is 0.357 e. The molecule has 0 saturated carbocycles. The molecule has 1 aromatic heterocycles. The minimum Gasteiger partial charge on any atom is -0.357 e. The van der Waals surface area contributed by atoms with Crippen LogP contribution in [0.4, 0.5) is 0 Å². The Kier molecular flexibility index (Phi) is 3.74. The first kappa shape index (κ1) is 10.2. The van der Waals surface area contributed by atoms with Crippen LogP contribution in [0.2, 0.25) is 0 Å². The Labute approximate surface area is 88.3 Å². The van der Waals surface area contributed by atoms with E-state index < -0.39 is 0 Å². The zero-order valence-corrected chi connectivity index (χ0v) is 10.1. The first-order chi connectivity index (χ1) is 5.65. The Hall–Kier alpha value is 0.130. The maximum absolute atomic E-state index is 5.37. The predicted octanol–water partition coefficient (Wildman–Crippen LogP) is 2.96. The summed E-state index contributed by atoms with van der Waals surface area (Å²) in [6.07, 6.45) is -0.0318. The summed E-state index contributed by atoms with van der Waals surface area (Å²) in [6, 6.07) is 1.88. The van der Waals surface area contributed by atoms with E-state index in [9.17, 15) is 0 Å². The van der Waals surface area contributed by atoms with Crippen molar-refractivity contribution < 1.29 is 4.74 Å². The molecule has 1 unspecified atom stereocenters. The van der Waals surface area contributed by atoms with Gasteiger partial charge in [0.25, 0.3) is 0 Å². The van der Waals surface area contributed by atoms with Crippen LogP contribution in [0.1, 0.15) is 20.1 Å². The van der Waals surface area contributed by atoms with Gasteiger partial charge >= 0.3 is 0 Å². The van der Waals surface area contributed by atoms with Crippen LogP contribution in [-0.2, 0) is 4.74 Å². The van der Waals surface area contributed by atoms with Gasteiger partial charge in [0.2, 0.25) is 0 Å². The molecule has 0 aliphatic heterocycles. The topological polar surface area (TPSA) is 27.1 Å². The molecule has 0 spiro atoms. The highest BCUT2D eigenvalue weighted by atomic mass is 79.9. The molecule has 0 amide bonds. The fourth-order valence-electron chi connectivity index (χ4n) is 0.911. The van der Waals surface area contributed by atoms with E-state index in [1.165, 1.54) is 0 Å². The van der Waals surface area contributed by atoms with E-state index in [2.05, 4.69) is 37.0 Å². The molecule has 1 rings (SSSR count). The van der Waals surface area contributed by atoms with Gasteiger partial charge in [0.15, 0.2) is 0 Å². The van der Waals surface area contributed by atoms with Gasteiger partial charge < -0.3 is 4.74 Å². The van der Waals surface area contributed by atoms with Crippen molar-refractivity contribution in [1.82, 2.24) is 9.78 Å². The van der Waals surface area contributed by atoms with Gasteiger partial charge in [-0.15, -0.1) is 0 Å². The number of ether oxygens (including phenoxy) is 1. The van der Waals surface area contributed by atoms with E-state index in [4.69, 9.17) is 4.74 Å². The van der Waals surface area contributed by atoms with Crippen LogP contribution in [-0.4, -0.2) is 16.4 Å². The smallest absolute Gasteiger partial charge is 0.148 e. The van der Waals surface area contributed by atoms with Gasteiger partial charge in [0.05, 0.1) is 0 Å². The molecule has 0 bridgehead atoms. The molecular formula is C7H10Br2N2O. The summed E-state index contributed by atoms with van der Waals surface area (Å²) in [5, 5.41) is 4.19. The van der Waals surface area contributed by atoms with Crippen molar-refractivity contribution in [3.8, 4) is 0 Å². The van der Waals surface area contributed by atoms with Gasteiger partial charge in [-0.2, -0.15) is 5.10 Å². The van der Waals surface area contributed by atoms with Gasteiger partial charge in [0.1, 0.15) is 15.4 Å². The second-order valence-electron chi connectivity index (χ2n) is 2.29. The highest BCUT2D eigenvalue weighted by molar-refractivity contribution is 9.11. The predicted molar refractivity (Wildman–Crippen MR) is 54.0 cm³/mol. The number of nitrogens with zero attached hydrogens (tertiary/aromatic N) is 2. The molecule has 0 saturated heterocycles. The van der Waals surface area contributed by atoms with E-state index in [1.807, 2.05) is 19.9 Å². The van der Waals surface area contributed by atoms with Gasteiger partial charge in [-0.1, -0.05) is 0 Å². The van der Waals surface area contributed by atoms with Crippen molar-refractivity contribution >= 4 is 31.9 Å². The van der Waals surface area contributed by atoms with Crippen molar-refractivity contribution in [2.24, 2.45) is 0 Å². The second-order valence-corrected chi connectivity index (χ2v) is 3.91. The molecular weight excluding hydrogens is 288 g/mol. The Morgan fingerprint density at radius 1 is 1.67 bits per heavy atom. The molecule has 0 aliphatic carbocycles. The number of hydrogen-bond donors (Lipinski definition) is 0. The van der Waals surface area contributed by atoms with E-state index in [0.717, 1.165) is 9.21 Å². The summed E-state index contributed by atoms with van der Waals surface area (Å²) in [6.45, 7) is 4.60. The summed E-state index contributed by atoms with van der Waals surface area (Å²) < 4.78 is 8.86. The number of aromatic nitrogens is 2. The van der Waals surface area contributed by atoms with Gasteiger partial charge in [-0.3, -0.25) is 0 Å². The third kappa shape index (κ3) is 2.31. The van der Waals surface area contributed by atoms with Crippen molar-refractivity contribution in [2.45, 2.75) is 20.1 Å². The van der Waals surface area contributed by atoms with Gasteiger partial charge in [-0.25, -0.2) is 4.68 Å². The van der Waals surface area contributed by atoms with E-state index in [-0.39, 0.29) is 6.23 Å². The SMILES string of the molecule is CCOC(C)n1nc(Br)cc1Br. The number of halogens is 2. The normalized spacial score (nSPS) is 13.3. The second kappa shape index (κ2) is 4.39. The molecule has 1 heterocycles. The molecule has 0 fully saturated rings. The lowest BCUT2D eigenvalue weighted by Gasteiger charge is -2.12. The summed E-state index contributed by atoms with van der Waals surface area (Å²) in [4.78, 5) is 0. The Morgan fingerprint density at radius 2 is 2.33 bits per heavy atom. The number of rotatable bonds is 3. The zero-order chi connectivity index (χ0) is 9.14. The Bertz CT molecular complexity index is 262. The van der Waals surface area contributed by atoms with Crippen molar-refractivity contribution in [2.75, 3.05) is 6.61 Å². The summed E-state index contributed by atoms with van der Waals surface area (Å²) in [5.41, 5.74) is 0. The van der Waals surface area contributed by atoms with E-state index >= 15 is 0 Å². The van der Waals surface area contributed by atoms with Crippen molar-refractivity contribution in [1.29, 1.82) is 0 Å². The standard InChI is InChI=1S/C7H10Br2N2O/c1-3-12-5(2)11-7(9)4-6(8)10-11/h4-5H,3H2,1-2H3. The molecule has 68 valence electrons. The monoisotopic (exact) mass is 296 g/mol. The van der Waals surface area contributed by atoms with Crippen LogP contribution in [0.25, 0.3) is 0 Å². The van der Waals surface area contributed by atoms with Crippen LogP contribution in [0.15, 0.2) is 15.3 Å². The lowest BCUT2D eigenvalue weighted by molar-refractivity contribution is 0.0141. The summed E-state index contributed by atoms with van der Waals surface area (Å²) in [5.74, 6) is 0. The lowest BCUT2D eigenvalue weighted by Crippen LogP contribution is -2.10. The molecule has 1 aromatic rings. The molecule has 0 radical (unpaired) electrons. The average Bonchev–Trinajstić information content (AvgIpc) is 2.30. The molecule has 5 heteroatoms. The summed E-state index contributed by atoms with van der Waals surface area (Å²) in [7, 11) is 0. The maximum atomic E-state index is 5.37. The van der Waals surface area contributed by atoms with Crippen LogP contribution >= 0.6 is 31.9 Å². The minimum absolute atomic E-state index is 0.0318. The molecule has 0 N–H and O–H groups in total. The van der Waals surface area contributed by atoms with Gasteiger partial charge in [0, 0.05) is 12.7 Å². The fourth-order valence-corrected chi connectivity index (χ4v) is 2.19.